The van der Waals surface area contributed by atoms with Crippen molar-refractivity contribution in [3.63, 3.8) is 0 Å². The van der Waals surface area contributed by atoms with Crippen molar-refractivity contribution in [2.45, 2.75) is 65.1 Å². The number of thioether (sulfide) groups is 2. The average molecular weight is 584 g/mol. The van der Waals surface area contributed by atoms with Gasteiger partial charge >= 0.3 is 6.03 Å². The summed E-state index contributed by atoms with van der Waals surface area (Å²) in [4.78, 5) is 44.3. The van der Waals surface area contributed by atoms with Crippen LogP contribution in [0.2, 0.25) is 0 Å². The topological polar surface area (TPSA) is 70.2 Å². The maximum absolute atomic E-state index is 13.4. The fraction of sp³-hybridized carbons (Fsp3) is 0.516. The fourth-order valence-corrected chi connectivity index (χ4v) is 7.65. The minimum absolute atomic E-state index is 0.00242. The van der Waals surface area contributed by atoms with E-state index in [0.29, 0.717) is 13.2 Å². The number of rotatable bonds is 7. The van der Waals surface area contributed by atoms with E-state index in [-0.39, 0.29) is 29.2 Å². The SMILES string of the molecule is C=C1CSCC(OCCN2/C(=C/C=C3C(=O)N(C(C)C)C(=O)N(C(C)C)C3=O)C(C)(C)c3ccccc32)CSC1. The molecule has 7 nitrogen and oxygen atoms in total. The van der Waals surface area contributed by atoms with Gasteiger partial charge in [-0.2, -0.15) is 23.5 Å². The highest BCUT2D eigenvalue weighted by Gasteiger charge is 2.44. The molecule has 4 amide bonds. The highest BCUT2D eigenvalue weighted by molar-refractivity contribution is 8.01. The number of imide groups is 2. The Morgan fingerprint density at radius 3 is 2.12 bits per heavy atom. The Hall–Kier alpha value is -2.49. The van der Waals surface area contributed by atoms with Gasteiger partial charge in [-0.1, -0.05) is 44.2 Å². The van der Waals surface area contributed by atoms with Crippen LogP contribution in [0.5, 0.6) is 0 Å². The molecule has 0 aromatic heterocycles. The number of carbonyl (C=O) groups is 3. The first-order valence-electron chi connectivity index (χ1n) is 13.9. The number of fused-ring (bicyclic) bond motifs is 1. The lowest BCUT2D eigenvalue weighted by Crippen LogP contribution is -2.60. The van der Waals surface area contributed by atoms with Gasteiger partial charge in [-0.25, -0.2) is 4.79 Å². The largest absolute Gasteiger partial charge is 0.375 e. The predicted octanol–water partition coefficient (Wildman–Crippen LogP) is 5.62. The van der Waals surface area contributed by atoms with Gasteiger partial charge in [-0.3, -0.25) is 19.4 Å². The Bertz CT molecular complexity index is 1190. The normalized spacial score (nSPS) is 21.6. The predicted molar refractivity (Wildman–Crippen MR) is 166 cm³/mol. The number of para-hydroxylation sites is 1. The Morgan fingerprint density at radius 1 is 0.975 bits per heavy atom. The van der Waals surface area contributed by atoms with Crippen molar-refractivity contribution in [3.05, 3.63) is 65.4 Å². The zero-order valence-corrected chi connectivity index (χ0v) is 26.1. The number of carbonyl (C=O) groups excluding carboxylic acids is 3. The molecular formula is C31H41N3O4S2. The monoisotopic (exact) mass is 583 g/mol. The quantitative estimate of drug-likeness (QED) is 0.234. The number of ether oxygens (including phenoxy) is 1. The van der Waals surface area contributed by atoms with Crippen molar-refractivity contribution in [2.75, 3.05) is 41.1 Å². The summed E-state index contributed by atoms with van der Waals surface area (Å²) in [6.07, 6.45) is 3.67. The zero-order chi connectivity index (χ0) is 29.2. The Kier molecular flexibility index (Phi) is 9.58. The third-order valence-corrected chi connectivity index (χ3v) is 9.88. The average Bonchev–Trinajstić information content (AvgIpc) is 3.07. The van der Waals surface area contributed by atoms with Gasteiger partial charge in [0.1, 0.15) is 5.57 Å². The molecule has 2 saturated heterocycles. The van der Waals surface area contributed by atoms with E-state index in [4.69, 9.17) is 4.74 Å². The maximum atomic E-state index is 13.4. The summed E-state index contributed by atoms with van der Waals surface area (Å²) in [5.41, 5.74) is 4.18. The van der Waals surface area contributed by atoms with E-state index in [1.54, 1.807) is 33.8 Å². The molecular weight excluding hydrogens is 542 g/mol. The van der Waals surface area contributed by atoms with Gasteiger partial charge in [0.05, 0.1) is 12.7 Å². The van der Waals surface area contributed by atoms with E-state index in [2.05, 4.69) is 37.5 Å². The van der Waals surface area contributed by atoms with Crippen LogP contribution in [0, 0.1) is 0 Å². The highest BCUT2D eigenvalue weighted by atomic mass is 32.2. The third-order valence-electron chi connectivity index (χ3n) is 7.44. The molecule has 0 spiro atoms. The van der Waals surface area contributed by atoms with Crippen LogP contribution in [0.15, 0.2) is 59.8 Å². The molecule has 0 aliphatic carbocycles. The molecule has 0 unspecified atom stereocenters. The van der Waals surface area contributed by atoms with Crippen molar-refractivity contribution >= 4 is 47.1 Å². The third kappa shape index (κ3) is 6.06. The van der Waals surface area contributed by atoms with Crippen molar-refractivity contribution < 1.29 is 19.1 Å². The highest BCUT2D eigenvalue weighted by Crippen LogP contribution is 2.47. The van der Waals surface area contributed by atoms with Crippen molar-refractivity contribution in [2.24, 2.45) is 0 Å². The number of nitrogens with zero attached hydrogens (tertiary/aromatic N) is 3. The minimum Gasteiger partial charge on any atom is -0.375 e. The van der Waals surface area contributed by atoms with Crippen LogP contribution in [-0.4, -0.2) is 82.0 Å². The fourth-order valence-electron chi connectivity index (χ4n) is 5.40. The second kappa shape index (κ2) is 12.6. The molecule has 0 atom stereocenters. The van der Waals surface area contributed by atoms with Crippen LogP contribution in [0.4, 0.5) is 10.5 Å². The molecule has 3 aliphatic heterocycles. The molecule has 3 heterocycles. The maximum Gasteiger partial charge on any atom is 0.334 e. The second-order valence-corrected chi connectivity index (χ2v) is 13.6. The van der Waals surface area contributed by atoms with E-state index < -0.39 is 17.8 Å². The minimum atomic E-state index is -0.563. The van der Waals surface area contributed by atoms with Crippen LogP contribution in [-0.2, 0) is 19.7 Å². The van der Waals surface area contributed by atoms with Gasteiger partial charge in [0, 0.05) is 58.4 Å². The molecule has 2 fully saturated rings. The first-order valence-corrected chi connectivity index (χ1v) is 16.2. The number of barbiturate groups is 1. The summed E-state index contributed by atoms with van der Waals surface area (Å²) in [6, 6.07) is 7.00. The Morgan fingerprint density at radius 2 is 1.55 bits per heavy atom. The Balaban J connectivity index is 1.63. The van der Waals surface area contributed by atoms with Crippen molar-refractivity contribution in [1.82, 2.24) is 9.80 Å². The first kappa shape index (κ1) is 30.5. The van der Waals surface area contributed by atoms with Crippen LogP contribution in [0.3, 0.4) is 0 Å². The van der Waals surface area contributed by atoms with Crippen LogP contribution >= 0.6 is 23.5 Å². The standard InChI is InChI=1S/C31H41N3O4S2/c1-20(2)33-28(35)24(29(36)34(21(3)4)30(33)37)12-13-27-31(6,7)25-10-8-9-11-26(25)32(27)14-15-38-23-18-39-16-22(5)17-40-19-23/h8-13,20-21,23H,5,14-19H2,1-4,6-7H3/b27-13+. The number of allylic oxidation sites excluding steroid dienone is 3. The lowest BCUT2D eigenvalue weighted by atomic mass is 9.83. The number of anilines is 1. The molecule has 216 valence electrons. The number of amides is 4. The summed E-state index contributed by atoms with van der Waals surface area (Å²) < 4.78 is 6.35. The lowest BCUT2D eigenvalue weighted by Gasteiger charge is -2.38. The summed E-state index contributed by atoms with van der Waals surface area (Å²) in [5.74, 6) is 2.75. The molecule has 0 saturated carbocycles. The number of hydrogen-bond donors (Lipinski definition) is 0. The van der Waals surface area contributed by atoms with E-state index >= 15 is 0 Å². The van der Waals surface area contributed by atoms with E-state index in [1.807, 2.05) is 41.7 Å². The zero-order valence-electron chi connectivity index (χ0n) is 24.4. The van der Waals surface area contributed by atoms with Crippen LogP contribution < -0.4 is 4.90 Å². The molecule has 3 aliphatic rings. The molecule has 0 radical (unpaired) electrons. The smallest absolute Gasteiger partial charge is 0.334 e. The summed E-state index contributed by atoms with van der Waals surface area (Å²) >= 11 is 3.76. The van der Waals surface area contributed by atoms with Gasteiger partial charge < -0.3 is 9.64 Å². The first-order chi connectivity index (χ1) is 18.9. The number of urea groups is 1. The molecule has 0 bridgehead atoms. The number of hydrogen-bond acceptors (Lipinski definition) is 7. The molecule has 0 N–H and O–H groups in total. The summed E-state index contributed by atoms with van der Waals surface area (Å²) in [6.45, 7) is 16.7. The second-order valence-electron chi connectivity index (χ2n) is 11.5. The molecule has 40 heavy (non-hydrogen) atoms. The van der Waals surface area contributed by atoms with Gasteiger partial charge in [0.15, 0.2) is 0 Å². The van der Waals surface area contributed by atoms with Crippen LogP contribution in [0.25, 0.3) is 0 Å². The van der Waals surface area contributed by atoms with E-state index in [1.165, 1.54) is 20.9 Å². The van der Waals surface area contributed by atoms with E-state index in [9.17, 15) is 14.4 Å². The lowest BCUT2D eigenvalue weighted by molar-refractivity contribution is -0.137. The van der Waals surface area contributed by atoms with Gasteiger partial charge in [0.2, 0.25) is 0 Å². The van der Waals surface area contributed by atoms with Gasteiger partial charge in [-0.05, 0) is 51.5 Å². The molecule has 4 rings (SSSR count). The summed E-state index contributed by atoms with van der Waals surface area (Å²) in [5, 5.41) is 0. The van der Waals surface area contributed by atoms with Gasteiger partial charge in [-0.15, -0.1) is 0 Å². The molecule has 1 aromatic rings. The molecule has 1 aromatic carbocycles. The Labute approximate surface area is 247 Å². The summed E-state index contributed by atoms with van der Waals surface area (Å²) in [7, 11) is 0. The van der Waals surface area contributed by atoms with Crippen molar-refractivity contribution in [1.29, 1.82) is 0 Å². The van der Waals surface area contributed by atoms with Gasteiger partial charge in [0.25, 0.3) is 11.8 Å². The number of benzene rings is 1. The van der Waals surface area contributed by atoms with E-state index in [0.717, 1.165) is 34.4 Å². The molecule has 9 heteroatoms. The van der Waals surface area contributed by atoms with Crippen molar-refractivity contribution in [3.8, 4) is 0 Å². The van der Waals surface area contributed by atoms with Crippen LogP contribution in [0.1, 0.15) is 47.1 Å².